The second-order valence-electron chi connectivity index (χ2n) is 6.10. The van der Waals surface area contributed by atoms with Crippen LogP contribution in [-0.4, -0.2) is 43.6 Å². The molecular formula is C14H20N2O4S. The fourth-order valence-corrected chi connectivity index (χ4v) is 3.61. The van der Waals surface area contributed by atoms with Crippen molar-refractivity contribution < 1.29 is 18.9 Å². The minimum atomic E-state index is -0.786. The highest BCUT2D eigenvalue weighted by molar-refractivity contribution is 7.91. The lowest BCUT2D eigenvalue weighted by Crippen LogP contribution is -2.31. The van der Waals surface area contributed by atoms with Gasteiger partial charge in [0.1, 0.15) is 28.6 Å². The SMILES string of the molecule is CC(C)(C)OC(=O)n1c(C=O)cnc1C1CC[S+]([O-])CC1. The number of nitrogens with zero attached hydrogens (tertiary/aromatic N) is 2. The molecule has 0 amide bonds. The maximum Gasteiger partial charge on any atom is 0.420 e. The van der Waals surface area contributed by atoms with Crippen molar-refractivity contribution in [1.29, 1.82) is 0 Å². The Hall–Kier alpha value is -1.34. The van der Waals surface area contributed by atoms with Gasteiger partial charge in [-0.1, -0.05) is 11.2 Å². The Kier molecular flexibility index (Phi) is 4.73. The molecule has 1 aliphatic rings. The fraction of sp³-hybridized carbons (Fsp3) is 0.643. The first kappa shape index (κ1) is 16.0. The van der Waals surface area contributed by atoms with Crippen molar-refractivity contribution in [2.75, 3.05) is 11.5 Å². The van der Waals surface area contributed by atoms with Gasteiger partial charge in [0.25, 0.3) is 0 Å². The molecule has 21 heavy (non-hydrogen) atoms. The number of rotatable bonds is 2. The summed E-state index contributed by atoms with van der Waals surface area (Å²) in [5.41, 5.74) is -0.460. The second kappa shape index (κ2) is 6.19. The van der Waals surface area contributed by atoms with Crippen molar-refractivity contribution in [2.24, 2.45) is 0 Å². The number of carbonyl (C=O) groups excluding carboxylic acids is 2. The summed E-state index contributed by atoms with van der Waals surface area (Å²) in [6.07, 6.45) is 2.79. The van der Waals surface area contributed by atoms with Gasteiger partial charge >= 0.3 is 6.09 Å². The molecule has 6 nitrogen and oxygen atoms in total. The zero-order chi connectivity index (χ0) is 15.6. The molecule has 2 heterocycles. The van der Waals surface area contributed by atoms with Crippen molar-refractivity contribution in [3.63, 3.8) is 0 Å². The van der Waals surface area contributed by atoms with Gasteiger partial charge in [-0.3, -0.25) is 4.79 Å². The predicted molar refractivity (Wildman–Crippen MR) is 79.1 cm³/mol. The van der Waals surface area contributed by atoms with E-state index in [1.807, 2.05) is 0 Å². The lowest BCUT2D eigenvalue weighted by atomic mass is 10.0. The molecule has 0 N–H and O–H groups in total. The summed E-state index contributed by atoms with van der Waals surface area (Å²) in [5.74, 6) is 1.76. The molecule has 1 saturated heterocycles. The molecule has 1 fully saturated rings. The monoisotopic (exact) mass is 312 g/mol. The van der Waals surface area contributed by atoms with E-state index in [0.717, 1.165) is 0 Å². The van der Waals surface area contributed by atoms with Gasteiger partial charge in [0.2, 0.25) is 0 Å². The number of hydrogen-bond acceptors (Lipinski definition) is 5. The second-order valence-corrected chi connectivity index (χ2v) is 7.79. The van der Waals surface area contributed by atoms with Crippen LogP contribution in [0.4, 0.5) is 4.79 Å². The molecule has 116 valence electrons. The molecule has 1 aromatic heterocycles. The molecule has 7 heteroatoms. The molecule has 0 atom stereocenters. The van der Waals surface area contributed by atoms with Crippen LogP contribution in [0.5, 0.6) is 0 Å². The van der Waals surface area contributed by atoms with Crippen molar-refractivity contribution in [3.05, 3.63) is 17.7 Å². The minimum absolute atomic E-state index is 0.0314. The Morgan fingerprint density at radius 2 is 2.10 bits per heavy atom. The van der Waals surface area contributed by atoms with Crippen LogP contribution in [0, 0.1) is 0 Å². The molecule has 0 aromatic carbocycles. The first-order chi connectivity index (χ1) is 9.81. The number of ether oxygens (including phenoxy) is 1. The molecule has 0 unspecified atom stereocenters. The Balaban J connectivity index is 2.28. The van der Waals surface area contributed by atoms with Crippen molar-refractivity contribution in [2.45, 2.75) is 45.1 Å². The normalized spacial score (nSPS) is 22.9. The Morgan fingerprint density at radius 3 is 2.62 bits per heavy atom. The number of aldehydes is 1. The molecule has 1 aromatic rings. The quantitative estimate of drug-likeness (QED) is 0.617. The highest BCUT2D eigenvalue weighted by Gasteiger charge is 2.31. The summed E-state index contributed by atoms with van der Waals surface area (Å²) in [6.45, 7) is 5.31. The third kappa shape index (κ3) is 3.85. The first-order valence-corrected chi connectivity index (χ1v) is 8.42. The standard InChI is InChI=1S/C14H20N2O4S/c1-14(2,3)20-13(18)16-11(9-17)8-15-12(16)10-4-6-21(19)7-5-10/h8-10H,4-7H2,1-3H3. The van der Waals surface area contributed by atoms with E-state index in [0.29, 0.717) is 36.5 Å². The third-order valence-corrected chi connectivity index (χ3v) is 4.65. The lowest BCUT2D eigenvalue weighted by Gasteiger charge is -2.25. The van der Waals surface area contributed by atoms with Crippen LogP contribution in [-0.2, 0) is 15.9 Å². The summed E-state index contributed by atoms with van der Waals surface area (Å²) in [6, 6.07) is 0. The lowest BCUT2D eigenvalue weighted by molar-refractivity contribution is 0.0523. The van der Waals surface area contributed by atoms with Crippen LogP contribution in [0.3, 0.4) is 0 Å². The van der Waals surface area contributed by atoms with Gasteiger partial charge in [0.05, 0.1) is 6.20 Å². The van der Waals surface area contributed by atoms with Crippen LogP contribution in [0.25, 0.3) is 0 Å². The molecule has 0 radical (unpaired) electrons. The number of aromatic nitrogens is 2. The molecule has 0 saturated carbocycles. The largest absolute Gasteiger partial charge is 0.616 e. The maximum absolute atomic E-state index is 12.3. The fourth-order valence-electron chi connectivity index (χ4n) is 2.31. The topological polar surface area (TPSA) is 84.2 Å². The molecular weight excluding hydrogens is 292 g/mol. The average Bonchev–Trinajstić information content (AvgIpc) is 2.81. The maximum atomic E-state index is 12.3. The summed E-state index contributed by atoms with van der Waals surface area (Å²) >= 11 is -0.786. The van der Waals surface area contributed by atoms with Crippen molar-refractivity contribution in [3.8, 4) is 0 Å². The van der Waals surface area contributed by atoms with E-state index in [4.69, 9.17) is 4.74 Å². The van der Waals surface area contributed by atoms with E-state index in [1.54, 1.807) is 20.8 Å². The van der Waals surface area contributed by atoms with Crippen LogP contribution >= 0.6 is 0 Å². The van der Waals surface area contributed by atoms with Crippen molar-refractivity contribution in [1.82, 2.24) is 9.55 Å². The van der Waals surface area contributed by atoms with Gasteiger partial charge in [-0.2, -0.15) is 0 Å². The Labute approximate surface area is 127 Å². The van der Waals surface area contributed by atoms with E-state index in [1.165, 1.54) is 10.8 Å². The van der Waals surface area contributed by atoms with Crippen molar-refractivity contribution >= 4 is 23.6 Å². The highest BCUT2D eigenvalue weighted by Crippen LogP contribution is 2.29. The van der Waals surface area contributed by atoms with E-state index in [-0.39, 0.29) is 11.6 Å². The average molecular weight is 312 g/mol. The van der Waals surface area contributed by atoms with Gasteiger partial charge in [0, 0.05) is 18.8 Å². The zero-order valence-corrected chi connectivity index (χ0v) is 13.3. The summed E-state index contributed by atoms with van der Waals surface area (Å²) < 4.78 is 18.0. The van der Waals surface area contributed by atoms with Gasteiger partial charge < -0.3 is 9.29 Å². The summed E-state index contributed by atoms with van der Waals surface area (Å²) in [7, 11) is 0. The number of imidazole rings is 1. The Morgan fingerprint density at radius 1 is 1.48 bits per heavy atom. The number of carbonyl (C=O) groups is 2. The molecule has 1 aliphatic heterocycles. The van der Waals surface area contributed by atoms with E-state index >= 15 is 0 Å². The van der Waals surface area contributed by atoms with E-state index < -0.39 is 22.9 Å². The molecule has 0 aliphatic carbocycles. The predicted octanol–water partition coefficient (Wildman–Crippen LogP) is 2.10. The number of hydrogen-bond donors (Lipinski definition) is 0. The van der Waals surface area contributed by atoms with E-state index in [9.17, 15) is 14.1 Å². The zero-order valence-electron chi connectivity index (χ0n) is 12.5. The molecule has 0 spiro atoms. The first-order valence-electron chi connectivity index (χ1n) is 6.93. The van der Waals surface area contributed by atoms with Crippen LogP contribution < -0.4 is 0 Å². The van der Waals surface area contributed by atoms with Gasteiger partial charge in [-0.15, -0.1) is 0 Å². The molecule has 0 bridgehead atoms. The summed E-state index contributed by atoms with van der Waals surface area (Å²) in [5, 5.41) is 0. The van der Waals surface area contributed by atoms with Gasteiger partial charge in [-0.25, -0.2) is 14.3 Å². The smallest absolute Gasteiger partial charge is 0.420 e. The van der Waals surface area contributed by atoms with Crippen LogP contribution in [0.15, 0.2) is 6.20 Å². The summed E-state index contributed by atoms with van der Waals surface area (Å²) in [4.78, 5) is 27.7. The minimum Gasteiger partial charge on any atom is -0.616 e. The van der Waals surface area contributed by atoms with Gasteiger partial charge in [-0.05, 0) is 20.8 Å². The Bertz CT molecular complexity index is 528. The van der Waals surface area contributed by atoms with Crippen LogP contribution in [0.2, 0.25) is 0 Å². The van der Waals surface area contributed by atoms with E-state index in [2.05, 4.69) is 4.98 Å². The van der Waals surface area contributed by atoms with Gasteiger partial charge in [0.15, 0.2) is 6.29 Å². The third-order valence-electron chi connectivity index (χ3n) is 3.27. The highest BCUT2D eigenvalue weighted by atomic mass is 32.2. The molecule has 2 rings (SSSR count). The van der Waals surface area contributed by atoms with Crippen LogP contribution in [0.1, 0.15) is 55.8 Å².